The smallest absolute Gasteiger partial charge is 0.236 e. The van der Waals surface area contributed by atoms with Crippen molar-refractivity contribution in [1.82, 2.24) is 14.8 Å². The van der Waals surface area contributed by atoms with Crippen LogP contribution in [0.5, 0.6) is 0 Å². The van der Waals surface area contributed by atoms with Crippen molar-refractivity contribution < 1.29 is 13.6 Å². The molecule has 0 N–H and O–H groups in total. The topological polar surface area (TPSA) is 64.2 Å². The van der Waals surface area contributed by atoms with E-state index in [-0.39, 0.29) is 18.1 Å². The number of anilines is 1. The largest absolute Gasteiger partial charge is 0.440 e. The lowest BCUT2D eigenvalue weighted by atomic mass is 10.1. The number of para-hydroxylation sites is 2. The van der Waals surface area contributed by atoms with Crippen molar-refractivity contribution in [1.29, 1.82) is 0 Å². The van der Waals surface area contributed by atoms with Crippen molar-refractivity contribution in [2.75, 3.05) is 11.4 Å². The van der Waals surface area contributed by atoms with E-state index in [2.05, 4.69) is 10.1 Å². The molecule has 28 heavy (non-hydrogen) atoms. The number of hydrogen-bond donors (Lipinski definition) is 0. The molecule has 0 unspecified atom stereocenters. The minimum Gasteiger partial charge on any atom is -0.440 e. The molecule has 0 saturated carbocycles. The quantitative estimate of drug-likeness (QED) is 0.547. The van der Waals surface area contributed by atoms with Crippen LogP contribution in [0.2, 0.25) is 0 Å². The van der Waals surface area contributed by atoms with Gasteiger partial charge in [-0.05, 0) is 49.2 Å². The number of carbonyl (C=O) groups excluding carboxylic acids is 1. The molecule has 0 aliphatic carbocycles. The summed E-state index contributed by atoms with van der Waals surface area (Å²) in [4.78, 5) is 19.1. The zero-order chi connectivity index (χ0) is 19.1. The van der Waals surface area contributed by atoms with Gasteiger partial charge >= 0.3 is 0 Å². The van der Waals surface area contributed by atoms with Crippen LogP contribution in [-0.4, -0.2) is 27.2 Å². The van der Waals surface area contributed by atoms with Gasteiger partial charge in [0.2, 0.25) is 11.8 Å². The highest BCUT2D eigenvalue weighted by molar-refractivity contribution is 5.95. The molecule has 5 rings (SSSR count). The van der Waals surface area contributed by atoms with Gasteiger partial charge in [-0.15, -0.1) is 0 Å². The van der Waals surface area contributed by atoms with Gasteiger partial charge in [-0.2, -0.15) is 5.10 Å². The number of halogens is 1. The van der Waals surface area contributed by atoms with E-state index in [4.69, 9.17) is 4.42 Å². The van der Waals surface area contributed by atoms with Gasteiger partial charge in [0.05, 0.1) is 23.3 Å². The van der Waals surface area contributed by atoms with E-state index in [1.165, 1.54) is 12.1 Å². The first-order valence-electron chi connectivity index (χ1n) is 9.17. The van der Waals surface area contributed by atoms with Gasteiger partial charge in [-0.25, -0.2) is 14.1 Å². The summed E-state index contributed by atoms with van der Waals surface area (Å²) in [6, 6.07) is 13.6. The van der Waals surface area contributed by atoms with E-state index in [1.807, 2.05) is 24.3 Å². The highest BCUT2D eigenvalue weighted by Gasteiger charge is 2.27. The van der Waals surface area contributed by atoms with E-state index in [0.29, 0.717) is 18.0 Å². The average Bonchev–Trinajstić information content (AvgIpc) is 3.32. The first kappa shape index (κ1) is 16.7. The normalized spacial score (nSPS) is 13.7. The molecular weight excluding hydrogens is 359 g/mol. The summed E-state index contributed by atoms with van der Waals surface area (Å²) in [6.07, 6.45) is 3.43. The van der Waals surface area contributed by atoms with Crippen molar-refractivity contribution in [2.45, 2.75) is 19.3 Å². The highest BCUT2D eigenvalue weighted by Crippen LogP contribution is 2.29. The Morgan fingerprint density at radius 2 is 1.96 bits per heavy atom. The van der Waals surface area contributed by atoms with Crippen LogP contribution in [0.25, 0.3) is 16.8 Å². The summed E-state index contributed by atoms with van der Waals surface area (Å²) in [5.41, 5.74) is 3.93. The summed E-state index contributed by atoms with van der Waals surface area (Å²) in [5.74, 6) is 0.0373. The molecule has 1 amide bonds. The van der Waals surface area contributed by atoms with Crippen LogP contribution < -0.4 is 4.90 Å². The van der Waals surface area contributed by atoms with Gasteiger partial charge in [0.15, 0.2) is 5.58 Å². The third kappa shape index (κ3) is 2.85. The molecule has 4 aromatic rings. The zero-order valence-corrected chi connectivity index (χ0v) is 15.0. The molecule has 0 spiro atoms. The SMILES string of the molecule is O=C(Cc1nc2ccccc2o1)N1CCCc2c1cnn2-c1ccc(F)cc1. The van der Waals surface area contributed by atoms with E-state index in [0.717, 1.165) is 35.4 Å². The Labute approximate surface area is 160 Å². The first-order chi connectivity index (χ1) is 13.7. The van der Waals surface area contributed by atoms with E-state index < -0.39 is 0 Å². The molecule has 6 nitrogen and oxygen atoms in total. The second-order valence-corrected chi connectivity index (χ2v) is 6.77. The summed E-state index contributed by atoms with van der Waals surface area (Å²) in [6.45, 7) is 0.626. The van der Waals surface area contributed by atoms with Crippen LogP contribution in [0, 0.1) is 5.82 Å². The lowest BCUT2D eigenvalue weighted by Crippen LogP contribution is -2.36. The Balaban J connectivity index is 1.43. The Hall–Kier alpha value is -3.48. The van der Waals surface area contributed by atoms with Gasteiger partial charge in [-0.1, -0.05) is 12.1 Å². The number of hydrogen-bond acceptors (Lipinski definition) is 4. The zero-order valence-electron chi connectivity index (χ0n) is 15.0. The van der Waals surface area contributed by atoms with E-state index in [9.17, 15) is 9.18 Å². The van der Waals surface area contributed by atoms with Gasteiger partial charge in [0.1, 0.15) is 17.8 Å². The minimum absolute atomic E-state index is 0.0776. The third-order valence-electron chi connectivity index (χ3n) is 4.95. The molecule has 1 aliphatic rings. The van der Waals surface area contributed by atoms with Gasteiger partial charge in [-0.3, -0.25) is 4.79 Å². The van der Waals surface area contributed by atoms with Gasteiger partial charge in [0.25, 0.3) is 0 Å². The molecule has 0 atom stereocenters. The molecule has 140 valence electrons. The standard InChI is InChI=1S/C21H17FN4O2/c22-14-7-9-15(10-8-14)26-17-5-3-11-25(18(17)13-23-26)21(27)12-20-24-16-4-1-2-6-19(16)28-20/h1-2,4,6-10,13H,3,5,11-12H2. The van der Waals surface area contributed by atoms with Crippen LogP contribution in [0.1, 0.15) is 18.0 Å². The van der Waals surface area contributed by atoms with Crippen molar-refractivity contribution in [3.63, 3.8) is 0 Å². The number of nitrogens with zero attached hydrogens (tertiary/aromatic N) is 4. The number of amides is 1. The van der Waals surface area contributed by atoms with E-state index in [1.54, 1.807) is 27.9 Å². The van der Waals surface area contributed by atoms with Crippen LogP contribution in [-0.2, 0) is 17.6 Å². The fourth-order valence-electron chi connectivity index (χ4n) is 3.63. The maximum absolute atomic E-state index is 13.2. The van der Waals surface area contributed by atoms with Crippen molar-refractivity contribution in [3.05, 3.63) is 72.1 Å². The second-order valence-electron chi connectivity index (χ2n) is 6.77. The van der Waals surface area contributed by atoms with Crippen LogP contribution >= 0.6 is 0 Å². The second kappa shape index (κ2) is 6.60. The summed E-state index contributed by atoms with van der Waals surface area (Å²) >= 11 is 0. The predicted octanol–water partition coefficient (Wildman–Crippen LogP) is 3.67. The number of rotatable bonds is 3. The molecule has 1 aliphatic heterocycles. The molecule has 7 heteroatoms. The summed E-state index contributed by atoms with van der Waals surface area (Å²) in [7, 11) is 0. The molecule has 0 radical (unpaired) electrons. The maximum Gasteiger partial charge on any atom is 0.236 e. The third-order valence-corrected chi connectivity index (χ3v) is 4.95. The van der Waals surface area contributed by atoms with Crippen LogP contribution in [0.4, 0.5) is 10.1 Å². The van der Waals surface area contributed by atoms with Crippen molar-refractivity contribution in [3.8, 4) is 5.69 Å². The molecule has 0 saturated heterocycles. The number of fused-ring (bicyclic) bond motifs is 2. The van der Waals surface area contributed by atoms with Crippen molar-refractivity contribution in [2.24, 2.45) is 0 Å². The van der Waals surface area contributed by atoms with Gasteiger partial charge in [0, 0.05) is 6.54 Å². The van der Waals surface area contributed by atoms with E-state index >= 15 is 0 Å². The summed E-state index contributed by atoms with van der Waals surface area (Å²) in [5, 5.41) is 4.43. The predicted molar refractivity (Wildman–Crippen MR) is 102 cm³/mol. The van der Waals surface area contributed by atoms with Crippen LogP contribution in [0.15, 0.2) is 59.1 Å². The number of carbonyl (C=O) groups is 1. The van der Waals surface area contributed by atoms with Gasteiger partial charge < -0.3 is 9.32 Å². The Morgan fingerprint density at radius 1 is 1.14 bits per heavy atom. The number of oxazole rings is 1. The first-order valence-corrected chi connectivity index (χ1v) is 9.17. The monoisotopic (exact) mass is 376 g/mol. The lowest BCUT2D eigenvalue weighted by molar-refractivity contribution is -0.118. The average molecular weight is 376 g/mol. The fraction of sp³-hybridized carbons (Fsp3) is 0.190. The maximum atomic E-state index is 13.2. The molecule has 2 aromatic carbocycles. The number of aromatic nitrogens is 3. The van der Waals surface area contributed by atoms with Crippen LogP contribution in [0.3, 0.4) is 0 Å². The Kier molecular flexibility index (Phi) is 3.93. The lowest BCUT2D eigenvalue weighted by Gasteiger charge is -2.27. The molecule has 2 aromatic heterocycles. The summed E-state index contributed by atoms with van der Waals surface area (Å²) < 4.78 is 20.7. The molecule has 3 heterocycles. The molecule has 0 fully saturated rings. The van der Waals surface area contributed by atoms with Crippen molar-refractivity contribution >= 4 is 22.7 Å². The fourth-order valence-corrected chi connectivity index (χ4v) is 3.63. The molecule has 0 bridgehead atoms. The Morgan fingerprint density at radius 3 is 2.79 bits per heavy atom. The minimum atomic E-state index is -0.292. The molecular formula is C21H17FN4O2. The highest BCUT2D eigenvalue weighted by atomic mass is 19.1. The number of benzene rings is 2. The Bertz CT molecular complexity index is 1130.